The Hall–Kier alpha value is -2.90. The van der Waals surface area contributed by atoms with E-state index in [1.807, 2.05) is 12.1 Å². The smallest absolute Gasteiger partial charge is 0.264 e. The number of benzene rings is 3. The molecule has 0 atom stereocenters. The summed E-state index contributed by atoms with van der Waals surface area (Å²) in [5.74, 6) is -0.771. The highest BCUT2D eigenvalue weighted by Crippen LogP contribution is 2.23. The first-order valence-corrected chi connectivity index (χ1v) is 10.8. The van der Waals surface area contributed by atoms with Crippen LogP contribution in [0.1, 0.15) is 15.9 Å². The van der Waals surface area contributed by atoms with E-state index in [0.717, 1.165) is 9.87 Å². The summed E-state index contributed by atoms with van der Waals surface area (Å²) >= 11 is 5.88. The van der Waals surface area contributed by atoms with Crippen LogP contribution in [0, 0.1) is 5.82 Å². The van der Waals surface area contributed by atoms with Crippen LogP contribution in [-0.2, 0) is 16.6 Å². The van der Waals surface area contributed by atoms with E-state index in [1.165, 1.54) is 54.4 Å². The molecule has 8 heteroatoms. The van der Waals surface area contributed by atoms with Crippen molar-refractivity contribution in [3.8, 4) is 0 Å². The third-order valence-electron chi connectivity index (χ3n) is 4.61. The van der Waals surface area contributed by atoms with Crippen molar-refractivity contribution in [1.29, 1.82) is 0 Å². The van der Waals surface area contributed by atoms with Gasteiger partial charge in [0, 0.05) is 31.2 Å². The molecule has 0 aliphatic carbocycles. The maximum Gasteiger partial charge on any atom is 0.264 e. The molecule has 30 heavy (non-hydrogen) atoms. The lowest BCUT2D eigenvalue weighted by Gasteiger charge is -2.21. The van der Waals surface area contributed by atoms with E-state index in [0.29, 0.717) is 17.3 Å². The SMILES string of the molecule is CN(Cc1ccc(Cl)cc1)C(=O)c1cccc(S(=O)(=O)N(C)c2ccc(F)cc2)c1. The van der Waals surface area contributed by atoms with Crippen LogP contribution >= 0.6 is 11.6 Å². The van der Waals surface area contributed by atoms with Crippen LogP contribution in [0.4, 0.5) is 10.1 Å². The number of carbonyl (C=O) groups is 1. The number of carbonyl (C=O) groups excluding carboxylic acids is 1. The molecular formula is C22H20ClFN2O3S. The van der Waals surface area contributed by atoms with Gasteiger partial charge in [-0.1, -0.05) is 29.8 Å². The van der Waals surface area contributed by atoms with Gasteiger partial charge in [-0.2, -0.15) is 0 Å². The molecule has 0 fully saturated rings. The minimum atomic E-state index is -3.92. The average Bonchev–Trinajstić information content (AvgIpc) is 2.75. The van der Waals surface area contributed by atoms with Gasteiger partial charge in [0.2, 0.25) is 0 Å². The van der Waals surface area contributed by atoms with E-state index >= 15 is 0 Å². The third-order valence-corrected chi connectivity index (χ3v) is 6.64. The summed E-state index contributed by atoms with van der Waals surface area (Å²) in [6.45, 7) is 0.350. The quantitative estimate of drug-likeness (QED) is 0.557. The van der Waals surface area contributed by atoms with Gasteiger partial charge in [0.05, 0.1) is 10.6 Å². The lowest BCUT2D eigenvalue weighted by molar-refractivity contribution is 0.0785. The Morgan fingerprint density at radius 2 is 1.60 bits per heavy atom. The number of halogens is 2. The fourth-order valence-corrected chi connectivity index (χ4v) is 4.26. The zero-order valence-corrected chi connectivity index (χ0v) is 18.0. The highest BCUT2D eigenvalue weighted by atomic mass is 35.5. The predicted octanol–water partition coefficient (Wildman–Crippen LogP) is 4.58. The molecule has 5 nitrogen and oxygen atoms in total. The number of hydrogen-bond donors (Lipinski definition) is 0. The van der Waals surface area contributed by atoms with Gasteiger partial charge < -0.3 is 4.90 Å². The molecule has 0 aliphatic heterocycles. The molecule has 0 aromatic heterocycles. The number of rotatable bonds is 6. The zero-order valence-electron chi connectivity index (χ0n) is 16.4. The summed E-state index contributed by atoms with van der Waals surface area (Å²) < 4.78 is 40.2. The van der Waals surface area contributed by atoms with Crippen LogP contribution in [0.15, 0.2) is 77.7 Å². The first-order valence-electron chi connectivity index (χ1n) is 9.03. The second kappa shape index (κ2) is 8.85. The molecule has 0 radical (unpaired) electrons. The van der Waals surface area contributed by atoms with E-state index in [2.05, 4.69) is 0 Å². The molecule has 0 heterocycles. The normalized spacial score (nSPS) is 11.2. The van der Waals surface area contributed by atoms with E-state index in [1.54, 1.807) is 25.2 Å². The molecule has 3 rings (SSSR count). The van der Waals surface area contributed by atoms with E-state index in [4.69, 9.17) is 11.6 Å². The van der Waals surface area contributed by atoms with Gasteiger partial charge in [-0.25, -0.2) is 12.8 Å². The number of amides is 1. The van der Waals surface area contributed by atoms with Crippen molar-refractivity contribution in [2.45, 2.75) is 11.4 Å². The largest absolute Gasteiger partial charge is 0.337 e. The summed E-state index contributed by atoms with van der Waals surface area (Å²) in [5, 5.41) is 0.607. The van der Waals surface area contributed by atoms with Crippen LogP contribution < -0.4 is 4.31 Å². The van der Waals surface area contributed by atoms with Gasteiger partial charge in [-0.3, -0.25) is 9.10 Å². The Morgan fingerprint density at radius 1 is 0.967 bits per heavy atom. The summed E-state index contributed by atoms with van der Waals surface area (Å²) in [6.07, 6.45) is 0. The second-order valence-electron chi connectivity index (χ2n) is 6.76. The molecule has 0 spiro atoms. The van der Waals surface area contributed by atoms with E-state index in [9.17, 15) is 17.6 Å². The lowest BCUT2D eigenvalue weighted by Crippen LogP contribution is -2.28. The minimum absolute atomic E-state index is 0.0277. The van der Waals surface area contributed by atoms with Crippen LogP contribution in [0.25, 0.3) is 0 Å². The Kier molecular flexibility index (Phi) is 6.43. The van der Waals surface area contributed by atoms with E-state index in [-0.39, 0.29) is 16.4 Å². The van der Waals surface area contributed by atoms with Crippen LogP contribution in [0.5, 0.6) is 0 Å². The Balaban J connectivity index is 1.82. The van der Waals surface area contributed by atoms with Gasteiger partial charge in [0.25, 0.3) is 15.9 Å². The molecule has 0 bridgehead atoms. The molecule has 0 aliphatic rings. The van der Waals surface area contributed by atoms with Crippen molar-refractivity contribution in [2.24, 2.45) is 0 Å². The van der Waals surface area contributed by atoms with Crippen molar-refractivity contribution in [3.05, 3.63) is 94.8 Å². The fourth-order valence-electron chi connectivity index (χ4n) is 2.89. The average molecular weight is 447 g/mol. The topological polar surface area (TPSA) is 57.7 Å². The van der Waals surface area contributed by atoms with Gasteiger partial charge in [-0.05, 0) is 60.2 Å². The van der Waals surface area contributed by atoms with E-state index < -0.39 is 15.8 Å². The molecule has 0 unspecified atom stereocenters. The maximum atomic E-state index is 13.1. The maximum absolute atomic E-state index is 13.1. The highest BCUT2D eigenvalue weighted by molar-refractivity contribution is 7.92. The van der Waals surface area contributed by atoms with Gasteiger partial charge in [0.1, 0.15) is 5.82 Å². The molecule has 0 saturated heterocycles. The molecule has 0 N–H and O–H groups in total. The fraction of sp³-hybridized carbons (Fsp3) is 0.136. The zero-order chi connectivity index (χ0) is 21.9. The molecule has 3 aromatic carbocycles. The van der Waals surface area contributed by atoms with Gasteiger partial charge in [-0.15, -0.1) is 0 Å². The monoisotopic (exact) mass is 446 g/mol. The Labute approximate surface area is 180 Å². The van der Waals surface area contributed by atoms with Crippen LogP contribution in [0.2, 0.25) is 5.02 Å². The van der Waals surface area contributed by atoms with Crippen molar-refractivity contribution in [2.75, 3.05) is 18.4 Å². The highest BCUT2D eigenvalue weighted by Gasteiger charge is 2.23. The van der Waals surface area contributed by atoms with Crippen LogP contribution in [-0.4, -0.2) is 33.3 Å². The number of nitrogens with zero attached hydrogens (tertiary/aromatic N) is 2. The number of sulfonamides is 1. The Bertz CT molecular complexity index is 1150. The molecule has 156 valence electrons. The second-order valence-corrected chi connectivity index (χ2v) is 9.17. The molecule has 0 saturated carbocycles. The Morgan fingerprint density at radius 3 is 2.23 bits per heavy atom. The molecular weight excluding hydrogens is 427 g/mol. The van der Waals surface area contributed by atoms with Crippen molar-refractivity contribution >= 4 is 33.2 Å². The van der Waals surface area contributed by atoms with Crippen molar-refractivity contribution < 1.29 is 17.6 Å². The standard InChI is InChI=1S/C22H20ClFN2O3S/c1-25(15-16-6-8-18(23)9-7-16)22(27)17-4-3-5-21(14-17)30(28,29)26(2)20-12-10-19(24)11-13-20/h3-14H,15H2,1-2H3. The molecule has 1 amide bonds. The summed E-state index contributed by atoms with van der Waals surface area (Å²) in [6, 6.07) is 18.1. The van der Waals surface area contributed by atoms with Gasteiger partial charge in [0.15, 0.2) is 0 Å². The summed E-state index contributed by atoms with van der Waals surface area (Å²) in [5.41, 5.74) is 1.46. The lowest BCUT2D eigenvalue weighted by atomic mass is 10.1. The van der Waals surface area contributed by atoms with Crippen LogP contribution in [0.3, 0.4) is 0 Å². The summed E-state index contributed by atoms with van der Waals surface area (Å²) in [4.78, 5) is 14.3. The predicted molar refractivity (Wildman–Crippen MR) is 116 cm³/mol. The van der Waals surface area contributed by atoms with Crippen molar-refractivity contribution in [3.63, 3.8) is 0 Å². The first-order chi connectivity index (χ1) is 14.2. The minimum Gasteiger partial charge on any atom is -0.337 e. The number of hydrogen-bond acceptors (Lipinski definition) is 3. The molecule has 3 aromatic rings. The van der Waals surface area contributed by atoms with Gasteiger partial charge >= 0.3 is 0 Å². The van der Waals surface area contributed by atoms with Crippen molar-refractivity contribution in [1.82, 2.24) is 4.90 Å². The first kappa shape index (κ1) is 21.8. The third kappa shape index (κ3) is 4.80. The summed E-state index contributed by atoms with van der Waals surface area (Å²) in [7, 11) is -0.904. The number of anilines is 1.